The predicted octanol–water partition coefficient (Wildman–Crippen LogP) is 4.53. The second-order valence-electron chi connectivity index (χ2n) is 5.23. The summed E-state index contributed by atoms with van der Waals surface area (Å²) >= 11 is 18.8. The van der Waals surface area contributed by atoms with Crippen LogP contribution in [0, 0.1) is 6.92 Å². The number of pyridine rings is 1. The lowest BCUT2D eigenvalue weighted by Crippen LogP contribution is -2.27. The summed E-state index contributed by atoms with van der Waals surface area (Å²) in [6.07, 6.45) is 2.09. The van der Waals surface area contributed by atoms with Crippen molar-refractivity contribution in [1.29, 1.82) is 0 Å². The fourth-order valence-corrected chi connectivity index (χ4v) is 3.07. The van der Waals surface area contributed by atoms with E-state index in [1.54, 1.807) is 12.1 Å². The Hall–Kier alpha value is -2.02. The molecule has 138 valence electrons. The highest BCUT2D eigenvalue weighted by atomic mass is 35.5. The Bertz CT molecular complexity index is 844. The summed E-state index contributed by atoms with van der Waals surface area (Å²) in [4.78, 5) is 21.2. The second kappa shape index (κ2) is 8.58. The molecule has 0 atom stereocenters. The number of hydrogen-bond acceptors (Lipinski definition) is 5. The minimum atomic E-state index is 0.199. The third-order valence-corrected chi connectivity index (χ3v) is 4.52. The van der Waals surface area contributed by atoms with Crippen LogP contribution in [-0.4, -0.2) is 43.4 Å². The van der Waals surface area contributed by atoms with Gasteiger partial charge in [0.05, 0.1) is 41.7 Å². The first-order valence-electron chi connectivity index (χ1n) is 7.33. The monoisotopic (exact) mass is 415 g/mol. The van der Waals surface area contributed by atoms with Crippen molar-refractivity contribution in [1.82, 2.24) is 9.88 Å². The van der Waals surface area contributed by atoms with E-state index >= 15 is 0 Å². The average molecular weight is 417 g/mol. The molecule has 0 spiro atoms. The molecule has 0 aliphatic rings. The van der Waals surface area contributed by atoms with Crippen LogP contribution in [0.2, 0.25) is 15.2 Å². The van der Waals surface area contributed by atoms with Crippen molar-refractivity contribution in [2.24, 2.45) is 4.99 Å². The SMILES string of the molecule is COc1cc(OC)c(Cl)c(C(=Nc2cnc(Cl)cc2C)N(C)C=O)c1Cl. The number of aromatic nitrogens is 1. The third-order valence-electron chi connectivity index (χ3n) is 3.57. The van der Waals surface area contributed by atoms with E-state index in [9.17, 15) is 4.79 Å². The first-order chi connectivity index (χ1) is 12.3. The quantitative estimate of drug-likeness (QED) is 0.311. The van der Waals surface area contributed by atoms with Crippen LogP contribution in [0.5, 0.6) is 11.5 Å². The van der Waals surface area contributed by atoms with Gasteiger partial charge in [0, 0.05) is 13.1 Å². The molecule has 1 heterocycles. The zero-order chi connectivity index (χ0) is 19.4. The lowest BCUT2D eigenvalue weighted by Gasteiger charge is -2.20. The number of benzene rings is 1. The van der Waals surface area contributed by atoms with Crippen LogP contribution >= 0.6 is 34.8 Å². The number of nitrogens with zero attached hydrogens (tertiary/aromatic N) is 3. The summed E-state index contributed by atoms with van der Waals surface area (Å²) in [6, 6.07) is 3.22. The molecule has 0 radical (unpaired) electrons. The van der Waals surface area contributed by atoms with Crippen LogP contribution in [-0.2, 0) is 4.79 Å². The van der Waals surface area contributed by atoms with Gasteiger partial charge in [0.1, 0.15) is 22.5 Å². The number of aliphatic imine (C=N–C) groups is 1. The van der Waals surface area contributed by atoms with Gasteiger partial charge < -0.3 is 14.4 Å². The maximum absolute atomic E-state index is 11.4. The van der Waals surface area contributed by atoms with E-state index in [1.165, 1.54) is 32.4 Å². The Morgan fingerprint density at radius 3 is 2.19 bits per heavy atom. The maximum atomic E-state index is 11.4. The molecule has 0 aliphatic heterocycles. The molecule has 26 heavy (non-hydrogen) atoms. The number of carbonyl (C=O) groups excluding carboxylic acids is 1. The van der Waals surface area contributed by atoms with E-state index in [1.807, 2.05) is 6.92 Å². The van der Waals surface area contributed by atoms with Gasteiger partial charge >= 0.3 is 0 Å². The first-order valence-corrected chi connectivity index (χ1v) is 8.46. The number of amides is 1. The Labute approximate surface area is 166 Å². The zero-order valence-corrected chi connectivity index (χ0v) is 16.8. The highest BCUT2D eigenvalue weighted by Crippen LogP contribution is 2.41. The van der Waals surface area contributed by atoms with Gasteiger partial charge in [-0.1, -0.05) is 34.8 Å². The molecular formula is C17H16Cl3N3O3. The Morgan fingerprint density at radius 2 is 1.73 bits per heavy atom. The number of carbonyl (C=O) groups is 1. The number of ether oxygens (including phenoxy) is 2. The molecule has 1 aromatic carbocycles. The summed E-state index contributed by atoms with van der Waals surface area (Å²) in [6.45, 7) is 1.82. The standard InChI is InChI=1S/C17H16Cl3N3O3/c1-9-5-13(18)21-7-10(9)22-17(23(2)8-24)14-15(19)11(25-3)6-12(26-4)16(14)20/h5-8H,1-4H3. The molecule has 2 rings (SSSR count). The van der Waals surface area contributed by atoms with Crippen molar-refractivity contribution in [2.45, 2.75) is 6.92 Å². The topological polar surface area (TPSA) is 64.0 Å². The lowest BCUT2D eigenvalue weighted by molar-refractivity contribution is -0.114. The van der Waals surface area contributed by atoms with Crippen LogP contribution in [0.25, 0.3) is 0 Å². The van der Waals surface area contributed by atoms with E-state index in [0.29, 0.717) is 34.3 Å². The highest BCUT2D eigenvalue weighted by molar-refractivity contribution is 6.42. The number of halogens is 3. The number of amidine groups is 1. The molecule has 0 aliphatic carbocycles. The van der Waals surface area contributed by atoms with Crippen molar-refractivity contribution in [3.8, 4) is 11.5 Å². The van der Waals surface area contributed by atoms with E-state index in [-0.39, 0.29) is 15.9 Å². The summed E-state index contributed by atoms with van der Waals surface area (Å²) in [5, 5.41) is 0.738. The Balaban J connectivity index is 2.80. The molecule has 2 aromatic rings. The number of aryl methyl sites for hydroxylation is 1. The zero-order valence-electron chi connectivity index (χ0n) is 14.5. The van der Waals surface area contributed by atoms with Gasteiger partial charge in [0.2, 0.25) is 6.41 Å². The molecule has 1 aromatic heterocycles. The second-order valence-corrected chi connectivity index (χ2v) is 6.37. The van der Waals surface area contributed by atoms with Crippen molar-refractivity contribution >= 4 is 52.7 Å². The number of methoxy groups -OCH3 is 2. The maximum Gasteiger partial charge on any atom is 0.215 e. The first kappa shape index (κ1) is 20.3. The molecule has 0 bridgehead atoms. The largest absolute Gasteiger partial charge is 0.495 e. The van der Waals surface area contributed by atoms with E-state index in [2.05, 4.69) is 9.98 Å². The molecular weight excluding hydrogens is 401 g/mol. The Kier molecular flexibility index (Phi) is 6.69. The molecule has 0 saturated carbocycles. The molecule has 9 heteroatoms. The van der Waals surface area contributed by atoms with Crippen LogP contribution < -0.4 is 9.47 Å². The van der Waals surface area contributed by atoms with Crippen molar-refractivity contribution in [3.05, 3.63) is 44.7 Å². The molecule has 0 saturated heterocycles. The fraction of sp³-hybridized carbons (Fsp3) is 0.235. The molecule has 1 amide bonds. The van der Waals surface area contributed by atoms with Gasteiger partial charge in [-0.15, -0.1) is 0 Å². The summed E-state index contributed by atoms with van der Waals surface area (Å²) in [5.41, 5.74) is 1.57. The van der Waals surface area contributed by atoms with E-state index < -0.39 is 0 Å². The van der Waals surface area contributed by atoms with Gasteiger partial charge in [-0.2, -0.15) is 0 Å². The van der Waals surface area contributed by atoms with Crippen molar-refractivity contribution in [2.75, 3.05) is 21.3 Å². The van der Waals surface area contributed by atoms with Crippen molar-refractivity contribution in [3.63, 3.8) is 0 Å². The molecule has 0 N–H and O–H groups in total. The van der Waals surface area contributed by atoms with Gasteiger partial charge in [0.25, 0.3) is 0 Å². The molecule has 6 nitrogen and oxygen atoms in total. The van der Waals surface area contributed by atoms with Crippen LogP contribution in [0.3, 0.4) is 0 Å². The average Bonchev–Trinajstić information content (AvgIpc) is 2.62. The summed E-state index contributed by atoms with van der Waals surface area (Å²) in [7, 11) is 4.46. The normalized spacial score (nSPS) is 11.3. The minimum Gasteiger partial charge on any atom is -0.495 e. The van der Waals surface area contributed by atoms with Crippen LogP contribution in [0.1, 0.15) is 11.1 Å². The van der Waals surface area contributed by atoms with Gasteiger partial charge in [-0.25, -0.2) is 9.98 Å². The van der Waals surface area contributed by atoms with E-state index in [4.69, 9.17) is 44.3 Å². The molecule has 0 unspecified atom stereocenters. The smallest absolute Gasteiger partial charge is 0.215 e. The van der Waals surface area contributed by atoms with Gasteiger partial charge in [-0.05, 0) is 18.6 Å². The minimum absolute atomic E-state index is 0.199. The lowest BCUT2D eigenvalue weighted by atomic mass is 10.1. The number of rotatable bonds is 5. The summed E-state index contributed by atoms with van der Waals surface area (Å²) < 4.78 is 10.5. The third kappa shape index (κ3) is 4.03. The van der Waals surface area contributed by atoms with E-state index in [0.717, 1.165) is 5.56 Å². The predicted molar refractivity (Wildman–Crippen MR) is 104 cm³/mol. The fourth-order valence-electron chi connectivity index (χ4n) is 2.19. The van der Waals surface area contributed by atoms with Crippen LogP contribution in [0.4, 0.5) is 5.69 Å². The van der Waals surface area contributed by atoms with Gasteiger partial charge in [0.15, 0.2) is 0 Å². The molecule has 0 fully saturated rings. The van der Waals surface area contributed by atoms with Crippen molar-refractivity contribution < 1.29 is 14.3 Å². The summed E-state index contributed by atoms with van der Waals surface area (Å²) in [5.74, 6) is 0.876. The highest BCUT2D eigenvalue weighted by Gasteiger charge is 2.24. The van der Waals surface area contributed by atoms with Crippen LogP contribution in [0.15, 0.2) is 23.3 Å². The van der Waals surface area contributed by atoms with Gasteiger partial charge in [-0.3, -0.25) is 4.79 Å². The number of hydrogen-bond donors (Lipinski definition) is 0. The Morgan fingerprint density at radius 1 is 1.15 bits per heavy atom.